The van der Waals surface area contributed by atoms with Crippen molar-refractivity contribution in [1.29, 1.82) is 0 Å². The van der Waals surface area contributed by atoms with Crippen molar-refractivity contribution in [2.75, 3.05) is 21.4 Å². The minimum Gasteiger partial charge on any atom is -0.507 e. The lowest BCUT2D eigenvalue weighted by Crippen LogP contribution is -2.21. The number of para-hydroxylation sites is 1. The van der Waals surface area contributed by atoms with Gasteiger partial charge in [-0.15, -0.1) is 11.8 Å². The molecular weight excluding hydrogens is 571 g/mol. The molecule has 0 fully saturated rings. The Morgan fingerprint density at radius 3 is 2.07 bits per heavy atom. The van der Waals surface area contributed by atoms with Gasteiger partial charge in [-0.25, -0.2) is 0 Å². The van der Waals surface area contributed by atoms with Crippen LogP contribution < -0.4 is 15.5 Å². The monoisotopic (exact) mass is 615 g/mol. The number of hydrogen-bond acceptors (Lipinski definition) is 5. The SMILES string of the molecule is C=C(/C=C\C(=C/C)Nc1ccccc1)N(CSc1cc(C(C)(C)C)c(O)c(C(C)(C)C)c1)c1ccc(Nc2c#cccc2)cc1. The van der Waals surface area contributed by atoms with Gasteiger partial charge >= 0.3 is 0 Å². The molecule has 232 valence electrons. The molecule has 0 bridgehead atoms. The number of rotatable bonds is 11. The molecule has 0 spiro atoms. The summed E-state index contributed by atoms with van der Waals surface area (Å²) in [6.45, 7) is 19.4. The predicted molar refractivity (Wildman–Crippen MR) is 195 cm³/mol. The lowest BCUT2D eigenvalue weighted by molar-refractivity contribution is 0.422. The molecule has 4 rings (SSSR count). The van der Waals surface area contributed by atoms with Crippen LogP contribution >= 0.6 is 11.8 Å². The van der Waals surface area contributed by atoms with E-state index in [0.717, 1.165) is 50.2 Å². The number of nitrogens with one attached hydrogen (secondary N) is 2. The largest absolute Gasteiger partial charge is 0.507 e. The number of hydrogen-bond donors (Lipinski definition) is 3. The summed E-state index contributed by atoms with van der Waals surface area (Å²) < 4.78 is 0. The van der Waals surface area contributed by atoms with Crippen molar-refractivity contribution in [3.8, 4) is 5.75 Å². The average molecular weight is 616 g/mol. The maximum atomic E-state index is 11.2. The molecule has 0 amide bonds. The minimum atomic E-state index is -0.196. The molecular formula is C40H45N3OS. The first-order chi connectivity index (χ1) is 21.3. The van der Waals surface area contributed by atoms with E-state index in [9.17, 15) is 5.11 Å². The Kier molecular flexibility index (Phi) is 10.8. The van der Waals surface area contributed by atoms with Gasteiger partial charge in [-0.3, -0.25) is 0 Å². The highest BCUT2D eigenvalue weighted by molar-refractivity contribution is 7.99. The normalized spacial score (nSPS) is 12.1. The molecule has 0 aliphatic carbocycles. The summed E-state index contributed by atoms with van der Waals surface area (Å²) in [4.78, 5) is 3.32. The zero-order chi connectivity index (χ0) is 32.6. The van der Waals surface area contributed by atoms with Gasteiger partial charge in [0.15, 0.2) is 0 Å². The van der Waals surface area contributed by atoms with Crippen LogP contribution in [0, 0.1) is 12.1 Å². The standard InChI is InChI=1S/C40H45N3OS/c1-9-30(41-31-16-12-10-13-17-31)21-20-29(2)43(34-24-22-33(23-25-34)42-32-18-14-11-15-19-32)28-45-35-26-36(39(3,4)5)38(44)37(27-35)40(6,7)8/h9-14,16-18,20-27,41-42,44H,2,28H2,1,3-8H3/b21-20-,30-9+. The Bertz CT molecular complexity index is 1590. The van der Waals surface area contributed by atoms with E-state index in [1.165, 1.54) is 0 Å². The Morgan fingerprint density at radius 2 is 1.51 bits per heavy atom. The molecule has 0 saturated heterocycles. The summed E-state index contributed by atoms with van der Waals surface area (Å²) in [5.74, 6) is 1.02. The van der Waals surface area contributed by atoms with Crippen LogP contribution in [-0.2, 0) is 10.8 Å². The summed E-state index contributed by atoms with van der Waals surface area (Å²) in [7, 11) is 0. The molecule has 45 heavy (non-hydrogen) atoms. The number of thioether (sulfide) groups is 1. The van der Waals surface area contributed by atoms with Gasteiger partial charge in [0.25, 0.3) is 0 Å². The third kappa shape index (κ3) is 9.23. The summed E-state index contributed by atoms with van der Waals surface area (Å²) in [6, 6.07) is 34.6. The lowest BCUT2D eigenvalue weighted by Gasteiger charge is -2.29. The number of nitrogens with zero attached hydrogens (tertiary/aromatic N) is 1. The van der Waals surface area contributed by atoms with Crippen molar-refractivity contribution >= 4 is 34.5 Å². The van der Waals surface area contributed by atoms with Crippen LogP contribution in [0.5, 0.6) is 5.75 Å². The van der Waals surface area contributed by atoms with E-state index in [-0.39, 0.29) is 10.8 Å². The molecule has 4 aromatic rings. The maximum absolute atomic E-state index is 11.2. The molecule has 4 aromatic carbocycles. The number of aromatic hydroxyl groups is 1. The van der Waals surface area contributed by atoms with Crippen molar-refractivity contribution < 1.29 is 5.11 Å². The van der Waals surface area contributed by atoms with Gasteiger partial charge in [0, 0.05) is 44.5 Å². The summed E-state index contributed by atoms with van der Waals surface area (Å²) in [6.07, 6.45) is 6.15. The number of benzene rings is 3. The van der Waals surface area contributed by atoms with E-state index in [1.54, 1.807) is 11.8 Å². The maximum Gasteiger partial charge on any atom is 0.123 e. The van der Waals surface area contributed by atoms with Crippen molar-refractivity contribution in [2.45, 2.75) is 64.2 Å². The fourth-order valence-corrected chi connectivity index (χ4v) is 5.77. The molecule has 0 heterocycles. The topological polar surface area (TPSA) is 47.5 Å². The Hall–Kier alpha value is -4.53. The van der Waals surface area contributed by atoms with Crippen LogP contribution in [0.3, 0.4) is 0 Å². The van der Waals surface area contributed by atoms with Crippen LogP contribution in [0.4, 0.5) is 22.7 Å². The zero-order valence-corrected chi connectivity index (χ0v) is 28.3. The summed E-state index contributed by atoms with van der Waals surface area (Å²) in [5.41, 5.74) is 7.24. The number of phenols is 1. The number of allylic oxidation sites excluding steroid dienone is 3. The smallest absolute Gasteiger partial charge is 0.123 e. The average Bonchev–Trinajstić information content (AvgIpc) is 3.00. The Labute approximate surface area is 274 Å². The second kappa shape index (κ2) is 14.5. The minimum absolute atomic E-state index is 0.196. The van der Waals surface area contributed by atoms with E-state index in [0.29, 0.717) is 11.6 Å². The fourth-order valence-electron chi connectivity index (χ4n) is 4.78. The first-order valence-corrected chi connectivity index (χ1v) is 16.2. The molecule has 0 aromatic heterocycles. The van der Waals surface area contributed by atoms with E-state index >= 15 is 0 Å². The van der Waals surface area contributed by atoms with Gasteiger partial charge in [-0.1, -0.05) is 84.5 Å². The molecule has 5 heteroatoms. The van der Waals surface area contributed by atoms with E-state index in [2.05, 4.69) is 118 Å². The van der Waals surface area contributed by atoms with Crippen molar-refractivity contribution in [3.63, 3.8) is 0 Å². The summed E-state index contributed by atoms with van der Waals surface area (Å²) >= 11 is 1.74. The van der Waals surface area contributed by atoms with Gasteiger partial charge < -0.3 is 20.6 Å². The van der Waals surface area contributed by atoms with Crippen LogP contribution in [0.15, 0.2) is 126 Å². The van der Waals surface area contributed by atoms with Gasteiger partial charge in [0.05, 0.1) is 11.6 Å². The van der Waals surface area contributed by atoms with Crippen LogP contribution in [0.1, 0.15) is 59.6 Å². The zero-order valence-electron chi connectivity index (χ0n) is 27.5. The molecule has 4 nitrogen and oxygen atoms in total. The fraction of sp³-hybridized carbons (Fsp3) is 0.250. The first-order valence-electron chi connectivity index (χ1n) is 15.2. The molecule has 0 unspecified atom stereocenters. The Morgan fingerprint density at radius 1 is 0.867 bits per heavy atom. The quantitative estimate of drug-likeness (QED) is 0.0890. The molecule has 0 saturated carbocycles. The van der Waals surface area contributed by atoms with Crippen molar-refractivity contribution in [3.05, 3.63) is 144 Å². The third-order valence-corrected chi connectivity index (χ3v) is 8.30. The van der Waals surface area contributed by atoms with E-state index in [4.69, 9.17) is 0 Å². The second-order valence-corrected chi connectivity index (χ2v) is 14.0. The predicted octanol–water partition coefficient (Wildman–Crippen LogP) is 11.0. The highest BCUT2D eigenvalue weighted by Crippen LogP contribution is 2.42. The van der Waals surface area contributed by atoms with Gasteiger partial charge in [0.1, 0.15) is 5.75 Å². The van der Waals surface area contributed by atoms with Crippen molar-refractivity contribution in [2.24, 2.45) is 0 Å². The summed E-state index contributed by atoms with van der Waals surface area (Å²) in [5, 5.41) is 18.1. The van der Waals surface area contributed by atoms with Gasteiger partial charge in [-0.05, 0) is 96.6 Å². The highest BCUT2D eigenvalue weighted by atomic mass is 32.2. The van der Waals surface area contributed by atoms with Crippen molar-refractivity contribution in [1.82, 2.24) is 0 Å². The van der Waals surface area contributed by atoms with Gasteiger partial charge in [0.2, 0.25) is 0 Å². The molecule has 3 N–H and O–H groups in total. The first kappa shape index (κ1) is 33.4. The third-order valence-electron chi connectivity index (χ3n) is 7.34. The molecule has 0 radical (unpaired) electrons. The second-order valence-electron chi connectivity index (χ2n) is 13.0. The number of phenolic OH excluding ortho intramolecular Hbond substituents is 1. The van der Waals surface area contributed by atoms with E-state index in [1.807, 2.05) is 67.6 Å². The van der Waals surface area contributed by atoms with Crippen LogP contribution in [0.2, 0.25) is 0 Å². The Balaban J connectivity index is 1.63. The van der Waals surface area contributed by atoms with Gasteiger partial charge in [-0.2, -0.15) is 0 Å². The van der Waals surface area contributed by atoms with E-state index < -0.39 is 0 Å². The molecule has 0 aliphatic rings. The van der Waals surface area contributed by atoms with Crippen LogP contribution in [-0.4, -0.2) is 11.0 Å². The lowest BCUT2D eigenvalue weighted by atomic mass is 9.79. The molecule has 0 atom stereocenters. The molecule has 0 aliphatic heterocycles. The number of anilines is 4. The highest BCUT2D eigenvalue weighted by Gasteiger charge is 2.27. The van der Waals surface area contributed by atoms with Crippen LogP contribution in [0.25, 0.3) is 0 Å².